The Bertz CT molecular complexity index is 354. The van der Waals surface area contributed by atoms with Crippen molar-refractivity contribution in [3.63, 3.8) is 0 Å². The lowest BCUT2D eigenvalue weighted by atomic mass is 10.2. The summed E-state index contributed by atoms with van der Waals surface area (Å²) in [6.07, 6.45) is 23.0. The third kappa shape index (κ3) is 18.8. The standard InChI is InChI=1S/C18H28O2S/c1-2-3-4-5-6-7-8-9-10-11-12-13-14-16-21-17-15-18(19)20/h3-4,6-7,9-10,13-14H,2,5,8,11-12,15-17H2,1H3,(H,19,20)/b4-3-,7-6-,10-9-,14-13+. The molecule has 0 aliphatic rings. The van der Waals surface area contributed by atoms with Gasteiger partial charge in [-0.3, -0.25) is 4.79 Å². The summed E-state index contributed by atoms with van der Waals surface area (Å²) in [5, 5.41) is 8.48. The number of aliphatic carboxylic acids is 1. The third-order valence-electron chi connectivity index (χ3n) is 2.62. The molecule has 0 aromatic rings. The van der Waals surface area contributed by atoms with Crippen LogP contribution in [0.25, 0.3) is 0 Å². The third-order valence-corrected chi connectivity index (χ3v) is 3.54. The molecule has 0 radical (unpaired) electrons. The molecule has 118 valence electrons. The van der Waals surface area contributed by atoms with Crippen molar-refractivity contribution in [1.29, 1.82) is 0 Å². The van der Waals surface area contributed by atoms with E-state index in [9.17, 15) is 4.79 Å². The highest BCUT2D eigenvalue weighted by atomic mass is 32.2. The van der Waals surface area contributed by atoms with Crippen LogP contribution in [0.2, 0.25) is 0 Å². The first-order chi connectivity index (χ1) is 10.3. The quantitative estimate of drug-likeness (QED) is 0.366. The van der Waals surface area contributed by atoms with Crippen molar-refractivity contribution in [1.82, 2.24) is 0 Å². The zero-order valence-electron chi connectivity index (χ0n) is 13.0. The molecule has 0 saturated heterocycles. The molecule has 1 N–H and O–H groups in total. The van der Waals surface area contributed by atoms with E-state index in [1.54, 1.807) is 11.8 Å². The van der Waals surface area contributed by atoms with Crippen molar-refractivity contribution in [3.8, 4) is 0 Å². The first-order valence-electron chi connectivity index (χ1n) is 7.67. The fourth-order valence-electron chi connectivity index (χ4n) is 1.52. The maximum atomic E-state index is 10.3. The monoisotopic (exact) mass is 308 g/mol. The molecule has 0 atom stereocenters. The van der Waals surface area contributed by atoms with Crippen LogP contribution in [0.5, 0.6) is 0 Å². The summed E-state index contributed by atoms with van der Waals surface area (Å²) in [6, 6.07) is 0. The summed E-state index contributed by atoms with van der Waals surface area (Å²) >= 11 is 1.66. The second kappa shape index (κ2) is 16.8. The van der Waals surface area contributed by atoms with Gasteiger partial charge in [-0.25, -0.2) is 0 Å². The number of rotatable bonds is 13. The van der Waals surface area contributed by atoms with Crippen molar-refractivity contribution in [2.75, 3.05) is 11.5 Å². The molecule has 0 aliphatic carbocycles. The fraction of sp³-hybridized carbons (Fsp3) is 0.500. The second-order valence-corrected chi connectivity index (χ2v) is 5.71. The molecule has 21 heavy (non-hydrogen) atoms. The predicted octanol–water partition coefficient (Wildman–Crippen LogP) is 5.39. The molecule has 0 spiro atoms. The lowest BCUT2D eigenvalue weighted by molar-refractivity contribution is -0.136. The van der Waals surface area contributed by atoms with Gasteiger partial charge >= 0.3 is 5.97 Å². The van der Waals surface area contributed by atoms with Gasteiger partial charge in [-0.05, 0) is 32.1 Å². The van der Waals surface area contributed by atoms with E-state index >= 15 is 0 Å². The van der Waals surface area contributed by atoms with Crippen LogP contribution in [0, 0.1) is 0 Å². The van der Waals surface area contributed by atoms with E-state index in [-0.39, 0.29) is 6.42 Å². The molecule has 0 bridgehead atoms. The molecule has 0 rings (SSSR count). The Morgan fingerprint density at radius 3 is 2.10 bits per heavy atom. The summed E-state index contributed by atoms with van der Waals surface area (Å²) < 4.78 is 0. The van der Waals surface area contributed by atoms with Crippen LogP contribution in [0.3, 0.4) is 0 Å². The van der Waals surface area contributed by atoms with Crippen LogP contribution < -0.4 is 0 Å². The molecule has 3 heteroatoms. The van der Waals surface area contributed by atoms with E-state index in [0.29, 0.717) is 5.75 Å². The van der Waals surface area contributed by atoms with Gasteiger partial charge in [0.05, 0.1) is 6.42 Å². The number of unbranched alkanes of at least 4 members (excludes halogenated alkanes) is 1. The van der Waals surface area contributed by atoms with Gasteiger partial charge < -0.3 is 5.11 Å². The van der Waals surface area contributed by atoms with E-state index in [4.69, 9.17) is 5.11 Å². The molecule has 0 fully saturated rings. The lowest BCUT2D eigenvalue weighted by Gasteiger charge is -1.93. The van der Waals surface area contributed by atoms with Crippen LogP contribution in [-0.2, 0) is 4.79 Å². The van der Waals surface area contributed by atoms with Crippen LogP contribution in [-0.4, -0.2) is 22.6 Å². The minimum Gasteiger partial charge on any atom is -0.481 e. The lowest BCUT2D eigenvalue weighted by Crippen LogP contribution is -1.95. The van der Waals surface area contributed by atoms with Crippen LogP contribution in [0.15, 0.2) is 48.6 Å². The van der Waals surface area contributed by atoms with Gasteiger partial charge in [-0.15, -0.1) is 0 Å². The zero-order valence-corrected chi connectivity index (χ0v) is 13.9. The highest BCUT2D eigenvalue weighted by molar-refractivity contribution is 7.99. The molecule has 0 unspecified atom stereocenters. The molecule has 2 nitrogen and oxygen atoms in total. The van der Waals surface area contributed by atoms with Crippen molar-refractivity contribution in [2.24, 2.45) is 0 Å². The van der Waals surface area contributed by atoms with Gasteiger partial charge in [0, 0.05) is 11.5 Å². The molecular formula is C18H28O2S. The maximum Gasteiger partial charge on any atom is 0.304 e. The number of carboxylic acid groups (broad SMARTS) is 1. The predicted molar refractivity (Wildman–Crippen MR) is 94.9 cm³/mol. The fourth-order valence-corrected chi connectivity index (χ4v) is 2.27. The van der Waals surface area contributed by atoms with E-state index in [1.165, 1.54) is 0 Å². The van der Waals surface area contributed by atoms with Crippen LogP contribution >= 0.6 is 11.8 Å². The van der Waals surface area contributed by atoms with E-state index in [1.807, 2.05) is 0 Å². The Hall–Kier alpha value is -1.22. The molecule has 0 amide bonds. The molecule has 0 aliphatic heterocycles. The van der Waals surface area contributed by atoms with Crippen molar-refractivity contribution < 1.29 is 9.90 Å². The topological polar surface area (TPSA) is 37.3 Å². The number of carbonyl (C=O) groups is 1. The largest absolute Gasteiger partial charge is 0.481 e. The smallest absolute Gasteiger partial charge is 0.304 e. The molecule has 0 aromatic heterocycles. The Labute approximate surface area is 133 Å². The van der Waals surface area contributed by atoms with Gasteiger partial charge in [0.1, 0.15) is 0 Å². The Balaban J connectivity index is 3.35. The SMILES string of the molecule is CC/C=C\C/C=C\C/C=C\CC/C=C/CSCCC(=O)O. The molecule has 0 saturated carbocycles. The van der Waals surface area contributed by atoms with Gasteiger partial charge in [0.2, 0.25) is 0 Å². The van der Waals surface area contributed by atoms with Gasteiger partial charge in [-0.1, -0.05) is 55.5 Å². The highest BCUT2D eigenvalue weighted by Gasteiger charge is 1.94. The Kier molecular flexibility index (Phi) is 15.9. The zero-order chi connectivity index (χ0) is 15.6. The maximum absolute atomic E-state index is 10.3. The summed E-state index contributed by atoms with van der Waals surface area (Å²) in [5.74, 6) is 0.886. The normalized spacial score (nSPS) is 12.4. The van der Waals surface area contributed by atoms with E-state index in [2.05, 4.69) is 55.5 Å². The van der Waals surface area contributed by atoms with Crippen molar-refractivity contribution in [2.45, 2.75) is 45.4 Å². The van der Waals surface area contributed by atoms with Gasteiger partial charge in [0.25, 0.3) is 0 Å². The highest BCUT2D eigenvalue weighted by Crippen LogP contribution is 2.03. The minimum atomic E-state index is -0.716. The first kappa shape index (κ1) is 19.8. The summed E-state index contributed by atoms with van der Waals surface area (Å²) in [5.41, 5.74) is 0. The summed E-state index contributed by atoms with van der Waals surface area (Å²) in [7, 11) is 0. The number of hydrogen-bond donors (Lipinski definition) is 1. The summed E-state index contributed by atoms with van der Waals surface area (Å²) in [4.78, 5) is 10.3. The number of hydrogen-bond acceptors (Lipinski definition) is 2. The average Bonchev–Trinajstić information content (AvgIpc) is 2.46. The second-order valence-electron chi connectivity index (χ2n) is 4.56. The van der Waals surface area contributed by atoms with E-state index in [0.717, 1.165) is 37.9 Å². The number of carboxylic acids is 1. The number of thioether (sulfide) groups is 1. The number of allylic oxidation sites excluding steroid dienone is 7. The molecule has 0 heterocycles. The van der Waals surface area contributed by atoms with Gasteiger partial charge in [0.15, 0.2) is 0 Å². The summed E-state index contributed by atoms with van der Waals surface area (Å²) in [6.45, 7) is 2.14. The van der Waals surface area contributed by atoms with Crippen LogP contribution in [0.1, 0.15) is 45.4 Å². The minimum absolute atomic E-state index is 0.253. The van der Waals surface area contributed by atoms with Crippen LogP contribution in [0.4, 0.5) is 0 Å². The Morgan fingerprint density at radius 2 is 1.48 bits per heavy atom. The Morgan fingerprint density at radius 1 is 0.905 bits per heavy atom. The first-order valence-corrected chi connectivity index (χ1v) is 8.82. The molecule has 0 aromatic carbocycles. The van der Waals surface area contributed by atoms with Crippen molar-refractivity contribution in [3.05, 3.63) is 48.6 Å². The average molecular weight is 308 g/mol. The van der Waals surface area contributed by atoms with Crippen molar-refractivity contribution >= 4 is 17.7 Å². The van der Waals surface area contributed by atoms with Gasteiger partial charge in [-0.2, -0.15) is 11.8 Å². The molecular weight excluding hydrogens is 280 g/mol. The van der Waals surface area contributed by atoms with E-state index < -0.39 is 5.97 Å².